The normalized spacial score (nSPS) is 12.5. The van der Waals surface area contributed by atoms with E-state index in [1.807, 2.05) is 18.2 Å². The molecule has 0 bridgehead atoms. The fourth-order valence-electron chi connectivity index (χ4n) is 2.46. The molecular weight excluding hydrogens is 288 g/mol. The van der Waals surface area contributed by atoms with Crippen LogP contribution in [-0.2, 0) is 15.0 Å². The second kappa shape index (κ2) is 9.33. The number of carbonyl (C=O) groups excluding carboxylic acids is 2. The van der Waals surface area contributed by atoms with Crippen molar-refractivity contribution >= 4 is 11.8 Å². The molecule has 0 aliphatic heterocycles. The summed E-state index contributed by atoms with van der Waals surface area (Å²) in [6.07, 6.45) is 3.25. The van der Waals surface area contributed by atoms with Crippen LogP contribution in [0.25, 0.3) is 0 Å². The van der Waals surface area contributed by atoms with E-state index in [9.17, 15) is 9.59 Å². The van der Waals surface area contributed by atoms with Gasteiger partial charge in [0.1, 0.15) is 0 Å². The Morgan fingerprint density at radius 2 is 1.74 bits per heavy atom. The molecule has 0 heterocycles. The minimum absolute atomic E-state index is 0.000267. The highest BCUT2D eigenvalue weighted by molar-refractivity contribution is 5.76. The Kier molecular flexibility index (Phi) is 7.79. The maximum Gasteiger partial charge on any atom is 0.220 e. The van der Waals surface area contributed by atoms with Gasteiger partial charge in [-0.15, -0.1) is 0 Å². The summed E-state index contributed by atoms with van der Waals surface area (Å²) in [7, 11) is 0. The van der Waals surface area contributed by atoms with Crippen LogP contribution in [0.5, 0.6) is 0 Å². The zero-order valence-electron chi connectivity index (χ0n) is 14.8. The van der Waals surface area contributed by atoms with Crippen molar-refractivity contribution < 1.29 is 9.59 Å². The van der Waals surface area contributed by atoms with Crippen LogP contribution in [0.2, 0.25) is 0 Å². The third kappa shape index (κ3) is 6.85. The topological polar surface area (TPSA) is 58.2 Å². The average Bonchev–Trinajstić information content (AvgIpc) is 2.51. The molecule has 4 nitrogen and oxygen atoms in total. The number of rotatable bonds is 9. The van der Waals surface area contributed by atoms with Gasteiger partial charge in [-0.1, -0.05) is 50.6 Å². The van der Waals surface area contributed by atoms with Crippen molar-refractivity contribution in [3.63, 3.8) is 0 Å². The molecule has 128 valence electrons. The molecule has 0 saturated heterocycles. The Labute approximate surface area is 140 Å². The van der Waals surface area contributed by atoms with Crippen LogP contribution in [0.4, 0.5) is 0 Å². The van der Waals surface area contributed by atoms with Crippen LogP contribution in [0, 0.1) is 0 Å². The summed E-state index contributed by atoms with van der Waals surface area (Å²) < 4.78 is 0. The molecule has 0 unspecified atom stereocenters. The van der Waals surface area contributed by atoms with Crippen LogP contribution in [0.15, 0.2) is 30.3 Å². The molecule has 0 saturated carbocycles. The lowest BCUT2D eigenvalue weighted by atomic mass is 9.78. The van der Waals surface area contributed by atoms with Crippen LogP contribution >= 0.6 is 0 Å². The van der Waals surface area contributed by atoms with Crippen LogP contribution < -0.4 is 10.6 Å². The molecule has 0 aliphatic carbocycles. The summed E-state index contributed by atoms with van der Waals surface area (Å²) in [6.45, 7) is 8.57. The van der Waals surface area contributed by atoms with Gasteiger partial charge in [0.25, 0.3) is 0 Å². The molecule has 23 heavy (non-hydrogen) atoms. The minimum Gasteiger partial charge on any atom is -0.356 e. The lowest BCUT2D eigenvalue weighted by Crippen LogP contribution is -2.45. The summed E-state index contributed by atoms with van der Waals surface area (Å²) in [5, 5.41) is 5.88. The van der Waals surface area contributed by atoms with Gasteiger partial charge in [-0.3, -0.25) is 9.59 Å². The van der Waals surface area contributed by atoms with Gasteiger partial charge in [-0.25, -0.2) is 0 Å². The highest BCUT2D eigenvalue weighted by atomic mass is 16.2. The van der Waals surface area contributed by atoms with Crippen molar-refractivity contribution in [2.75, 3.05) is 6.54 Å². The maximum atomic E-state index is 12.1. The van der Waals surface area contributed by atoms with Crippen molar-refractivity contribution in [2.24, 2.45) is 0 Å². The first-order chi connectivity index (χ1) is 10.8. The highest BCUT2D eigenvalue weighted by Gasteiger charge is 2.28. The SMILES string of the molecule is CC(=O)NCCCCCC(=O)N[C@@H](C)C(C)(C)c1ccccc1. The summed E-state index contributed by atoms with van der Waals surface area (Å²) in [5.41, 5.74) is 1.12. The smallest absolute Gasteiger partial charge is 0.220 e. The van der Waals surface area contributed by atoms with Crippen molar-refractivity contribution in [1.29, 1.82) is 0 Å². The van der Waals surface area contributed by atoms with E-state index in [2.05, 4.69) is 43.5 Å². The number of benzene rings is 1. The van der Waals surface area contributed by atoms with Crippen molar-refractivity contribution in [1.82, 2.24) is 10.6 Å². The zero-order valence-corrected chi connectivity index (χ0v) is 14.8. The molecule has 1 rings (SSSR count). The Balaban J connectivity index is 2.32. The fourth-order valence-corrected chi connectivity index (χ4v) is 2.46. The molecule has 1 atom stereocenters. The van der Waals surface area contributed by atoms with E-state index in [0.29, 0.717) is 13.0 Å². The quantitative estimate of drug-likeness (QED) is 0.687. The standard InChI is InChI=1S/C19H30N2O2/c1-15(19(3,4)17-11-7-5-8-12-17)21-18(23)13-9-6-10-14-20-16(2)22/h5,7-8,11-12,15H,6,9-10,13-14H2,1-4H3,(H,20,22)(H,21,23)/t15-/m0/s1. The predicted octanol–water partition coefficient (Wildman–Crippen LogP) is 3.17. The summed E-state index contributed by atoms with van der Waals surface area (Å²) in [5.74, 6) is 0.0979. The first-order valence-electron chi connectivity index (χ1n) is 8.43. The molecule has 1 aromatic rings. The van der Waals surface area contributed by atoms with E-state index in [4.69, 9.17) is 0 Å². The van der Waals surface area contributed by atoms with Crippen LogP contribution in [0.1, 0.15) is 58.9 Å². The van der Waals surface area contributed by atoms with Gasteiger partial charge in [-0.05, 0) is 25.3 Å². The van der Waals surface area contributed by atoms with Gasteiger partial charge in [-0.2, -0.15) is 0 Å². The third-order valence-corrected chi connectivity index (χ3v) is 4.43. The first kappa shape index (κ1) is 19.2. The first-order valence-corrected chi connectivity index (χ1v) is 8.43. The molecule has 0 aromatic heterocycles. The molecule has 2 N–H and O–H groups in total. The molecule has 2 amide bonds. The average molecular weight is 318 g/mol. The lowest BCUT2D eigenvalue weighted by Gasteiger charge is -2.33. The number of carbonyl (C=O) groups is 2. The van der Waals surface area contributed by atoms with Crippen LogP contribution in [-0.4, -0.2) is 24.4 Å². The second-order valence-electron chi connectivity index (χ2n) is 6.67. The monoisotopic (exact) mass is 318 g/mol. The Hall–Kier alpha value is -1.84. The van der Waals surface area contributed by atoms with Gasteiger partial charge < -0.3 is 10.6 Å². The number of nitrogens with one attached hydrogen (secondary N) is 2. The van der Waals surface area contributed by atoms with Crippen molar-refractivity contribution in [3.05, 3.63) is 35.9 Å². The molecule has 0 radical (unpaired) electrons. The summed E-state index contributed by atoms with van der Waals surface area (Å²) in [4.78, 5) is 22.8. The van der Waals surface area contributed by atoms with E-state index in [0.717, 1.165) is 19.3 Å². The second-order valence-corrected chi connectivity index (χ2v) is 6.67. The largest absolute Gasteiger partial charge is 0.356 e. The summed E-state index contributed by atoms with van der Waals surface area (Å²) in [6, 6.07) is 10.3. The van der Waals surface area contributed by atoms with Gasteiger partial charge in [0.15, 0.2) is 0 Å². The lowest BCUT2D eigenvalue weighted by molar-refractivity contribution is -0.122. The summed E-state index contributed by atoms with van der Waals surface area (Å²) >= 11 is 0. The van der Waals surface area contributed by atoms with Gasteiger partial charge >= 0.3 is 0 Å². The fraction of sp³-hybridized carbons (Fsp3) is 0.579. The number of amides is 2. The van der Waals surface area contributed by atoms with Crippen molar-refractivity contribution in [3.8, 4) is 0 Å². The van der Waals surface area contributed by atoms with E-state index in [-0.39, 0.29) is 23.3 Å². The predicted molar refractivity (Wildman–Crippen MR) is 94.2 cm³/mol. The third-order valence-electron chi connectivity index (χ3n) is 4.43. The van der Waals surface area contributed by atoms with E-state index >= 15 is 0 Å². The Bertz CT molecular complexity index is 497. The van der Waals surface area contributed by atoms with Crippen molar-refractivity contribution in [2.45, 2.75) is 64.8 Å². The Morgan fingerprint density at radius 3 is 2.35 bits per heavy atom. The van der Waals surface area contributed by atoms with Gasteiger partial charge in [0, 0.05) is 31.3 Å². The number of hydrogen-bond donors (Lipinski definition) is 2. The Morgan fingerprint density at radius 1 is 1.09 bits per heavy atom. The molecular formula is C19H30N2O2. The van der Waals surface area contributed by atoms with Gasteiger partial charge in [0.2, 0.25) is 11.8 Å². The molecule has 1 aromatic carbocycles. The molecule has 0 fully saturated rings. The maximum absolute atomic E-state index is 12.1. The van der Waals surface area contributed by atoms with E-state index < -0.39 is 0 Å². The van der Waals surface area contributed by atoms with Gasteiger partial charge in [0.05, 0.1) is 0 Å². The molecule has 0 spiro atoms. The molecule has 0 aliphatic rings. The van der Waals surface area contributed by atoms with E-state index in [1.165, 1.54) is 12.5 Å². The molecule has 4 heteroatoms. The van der Waals surface area contributed by atoms with Crippen LogP contribution in [0.3, 0.4) is 0 Å². The highest BCUT2D eigenvalue weighted by Crippen LogP contribution is 2.26. The minimum atomic E-state index is -0.109. The van der Waals surface area contributed by atoms with E-state index in [1.54, 1.807) is 0 Å². The number of unbranched alkanes of at least 4 members (excludes halogenated alkanes) is 2. The number of hydrogen-bond acceptors (Lipinski definition) is 2. The zero-order chi connectivity index (χ0) is 17.3.